The van der Waals surface area contributed by atoms with E-state index in [0.717, 1.165) is 23.8 Å². The lowest BCUT2D eigenvalue weighted by Gasteiger charge is -2.25. The first-order valence-electron chi connectivity index (χ1n) is 9.85. The number of alkyl halides is 3. The number of carbonyl (C=O) groups is 1. The van der Waals surface area contributed by atoms with Gasteiger partial charge in [-0.2, -0.15) is 13.2 Å². The molecular weight excluding hydrogens is 493 g/mol. The van der Waals surface area contributed by atoms with Crippen LogP contribution in [0.5, 0.6) is 0 Å². The van der Waals surface area contributed by atoms with Gasteiger partial charge >= 0.3 is 6.18 Å². The monoisotopic (exact) mass is 512 g/mol. The number of halogens is 4. The summed E-state index contributed by atoms with van der Waals surface area (Å²) in [7, 11) is -4.00. The van der Waals surface area contributed by atoms with E-state index in [-0.39, 0.29) is 20.5 Å². The number of carbonyl (C=O) groups excluding carboxylic acids is 1. The minimum absolute atomic E-state index is 0.0226. The van der Waals surface area contributed by atoms with Crippen molar-refractivity contribution in [3.8, 4) is 0 Å². The van der Waals surface area contributed by atoms with Gasteiger partial charge in [0.15, 0.2) is 0 Å². The number of benzene rings is 3. The lowest BCUT2D eigenvalue weighted by Crippen LogP contribution is -2.52. The summed E-state index contributed by atoms with van der Waals surface area (Å²) in [6.07, 6.45) is -5.21. The number of hydrogen-bond acceptors (Lipinski definition) is 5. The van der Waals surface area contributed by atoms with Crippen LogP contribution in [0.15, 0.2) is 82.6 Å². The molecule has 3 aromatic rings. The van der Waals surface area contributed by atoms with Crippen molar-refractivity contribution in [3.05, 3.63) is 83.4 Å². The van der Waals surface area contributed by atoms with Crippen molar-refractivity contribution in [2.24, 2.45) is 0 Å². The van der Waals surface area contributed by atoms with E-state index >= 15 is 0 Å². The van der Waals surface area contributed by atoms with Crippen LogP contribution in [-0.2, 0) is 21.2 Å². The van der Waals surface area contributed by atoms with Crippen LogP contribution in [0.3, 0.4) is 0 Å². The highest BCUT2D eigenvalue weighted by molar-refractivity contribution is 7.91. The molecule has 3 rings (SSSR count). The summed E-state index contributed by atoms with van der Waals surface area (Å²) in [6.45, 7) is 0.852. The Morgan fingerprint density at radius 1 is 0.971 bits per heavy atom. The zero-order valence-corrected chi connectivity index (χ0v) is 19.3. The summed E-state index contributed by atoms with van der Waals surface area (Å²) < 4.78 is 64.4. The van der Waals surface area contributed by atoms with E-state index in [0.29, 0.717) is 19.2 Å². The molecule has 0 unspecified atom stereocenters. The average molecular weight is 513 g/mol. The summed E-state index contributed by atoms with van der Waals surface area (Å²) in [6, 6.07) is 18.8. The second kappa shape index (κ2) is 9.65. The third kappa shape index (κ3) is 5.52. The van der Waals surface area contributed by atoms with Gasteiger partial charge in [0.05, 0.1) is 20.5 Å². The molecule has 11 heteroatoms. The Balaban J connectivity index is 1.75. The molecule has 0 aliphatic heterocycles. The summed E-state index contributed by atoms with van der Waals surface area (Å²) in [5.41, 5.74) is -2.18. The number of amides is 1. The predicted molar refractivity (Wildman–Crippen MR) is 122 cm³/mol. The second-order valence-electron chi connectivity index (χ2n) is 7.53. The fourth-order valence-corrected chi connectivity index (χ4v) is 4.40. The van der Waals surface area contributed by atoms with E-state index in [1.165, 1.54) is 12.1 Å². The van der Waals surface area contributed by atoms with Crippen LogP contribution in [0.2, 0.25) is 5.02 Å². The molecular formula is C23H20ClF3N2O4S. The van der Waals surface area contributed by atoms with E-state index in [9.17, 15) is 31.5 Å². The smallest absolute Gasteiger partial charge is 0.381 e. The van der Waals surface area contributed by atoms with E-state index in [1.807, 2.05) is 35.6 Å². The molecule has 0 aliphatic carbocycles. The summed E-state index contributed by atoms with van der Waals surface area (Å²) in [5, 5.41) is 14.2. The molecule has 0 bridgehead atoms. The minimum Gasteiger partial charge on any atom is -0.381 e. The molecule has 0 fully saturated rings. The fraction of sp³-hybridized carbons (Fsp3) is 0.174. The highest BCUT2D eigenvalue weighted by Gasteiger charge is 2.55. The van der Waals surface area contributed by atoms with Crippen molar-refractivity contribution in [3.63, 3.8) is 0 Å². The topological polar surface area (TPSA) is 95.5 Å². The largest absolute Gasteiger partial charge is 0.426 e. The Morgan fingerprint density at radius 3 is 2.12 bits per heavy atom. The molecule has 3 N–H and O–H groups in total. The van der Waals surface area contributed by atoms with Crippen LogP contribution in [0.1, 0.15) is 12.5 Å². The number of nitrogens with one attached hydrogen (secondary N) is 2. The van der Waals surface area contributed by atoms with E-state index in [4.69, 9.17) is 11.6 Å². The van der Waals surface area contributed by atoms with Crippen molar-refractivity contribution in [2.45, 2.75) is 35.0 Å². The van der Waals surface area contributed by atoms with Crippen LogP contribution < -0.4 is 10.6 Å². The van der Waals surface area contributed by atoms with Crippen molar-refractivity contribution < 1.29 is 31.5 Å². The Hall–Kier alpha value is -3.08. The number of rotatable bonds is 7. The Kier molecular flexibility index (Phi) is 7.25. The summed E-state index contributed by atoms with van der Waals surface area (Å²) >= 11 is 6.00. The maximum Gasteiger partial charge on any atom is 0.426 e. The molecule has 0 spiro atoms. The van der Waals surface area contributed by atoms with Gasteiger partial charge < -0.3 is 15.7 Å². The van der Waals surface area contributed by atoms with Gasteiger partial charge in [-0.05, 0) is 55.0 Å². The van der Waals surface area contributed by atoms with Gasteiger partial charge in [-0.1, -0.05) is 41.9 Å². The minimum atomic E-state index is -5.21. The third-order valence-electron chi connectivity index (χ3n) is 5.00. The highest BCUT2D eigenvalue weighted by Crippen LogP contribution is 2.33. The van der Waals surface area contributed by atoms with Gasteiger partial charge in [0, 0.05) is 12.2 Å². The van der Waals surface area contributed by atoms with Crippen LogP contribution in [0.25, 0.3) is 0 Å². The molecule has 1 amide bonds. The first kappa shape index (κ1) is 25.5. The van der Waals surface area contributed by atoms with Crippen molar-refractivity contribution in [2.75, 3.05) is 10.6 Å². The first-order chi connectivity index (χ1) is 15.8. The molecule has 0 saturated heterocycles. The normalized spacial score (nSPS) is 13.7. The maximum atomic E-state index is 12.9. The Bertz CT molecular complexity index is 1280. The predicted octanol–water partition coefficient (Wildman–Crippen LogP) is 5.04. The quantitative estimate of drug-likeness (QED) is 0.412. The summed E-state index contributed by atoms with van der Waals surface area (Å²) in [4.78, 5) is 11.6. The van der Waals surface area contributed by atoms with Crippen molar-refractivity contribution in [1.29, 1.82) is 0 Å². The zero-order chi connectivity index (χ0) is 25.1. The van der Waals surface area contributed by atoms with E-state index in [2.05, 4.69) is 5.32 Å². The molecule has 0 aromatic heterocycles. The molecule has 34 heavy (non-hydrogen) atoms. The van der Waals surface area contributed by atoms with Gasteiger partial charge in [0.25, 0.3) is 5.91 Å². The number of aliphatic hydroxyl groups is 1. The van der Waals surface area contributed by atoms with Gasteiger partial charge in [-0.3, -0.25) is 4.79 Å². The molecule has 0 heterocycles. The molecule has 3 aromatic carbocycles. The van der Waals surface area contributed by atoms with Crippen LogP contribution in [-0.4, -0.2) is 31.2 Å². The first-order valence-corrected chi connectivity index (χ1v) is 11.7. The van der Waals surface area contributed by atoms with Crippen LogP contribution in [0.4, 0.5) is 24.5 Å². The highest BCUT2D eigenvalue weighted by atomic mass is 35.5. The number of hydrogen-bond donors (Lipinski definition) is 3. The van der Waals surface area contributed by atoms with Gasteiger partial charge in [0.2, 0.25) is 15.4 Å². The third-order valence-corrected chi connectivity index (χ3v) is 7.08. The average Bonchev–Trinajstić information content (AvgIpc) is 2.79. The van der Waals surface area contributed by atoms with Crippen molar-refractivity contribution >= 4 is 38.7 Å². The second-order valence-corrected chi connectivity index (χ2v) is 9.89. The van der Waals surface area contributed by atoms with E-state index in [1.54, 1.807) is 12.1 Å². The lowest BCUT2D eigenvalue weighted by molar-refractivity contribution is -0.242. The van der Waals surface area contributed by atoms with Gasteiger partial charge in [-0.15, -0.1) is 0 Å². The Morgan fingerprint density at radius 2 is 1.56 bits per heavy atom. The molecule has 0 saturated carbocycles. The number of sulfone groups is 1. The number of anilines is 2. The molecule has 0 radical (unpaired) electrons. The molecule has 0 aliphatic rings. The van der Waals surface area contributed by atoms with E-state index < -0.39 is 27.5 Å². The molecule has 180 valence electrons. The van der Waals surface area contributed by atoms with Crippen LogP contribution >= 0.6 is 11.6 Å². The van der Waals surface area contributed by atoms with Crippen molar-refractivity contribution in [1.82, 2.24) is 0 Å². The standard InChI is InChI=1S/C23H20ClF3N2O4S/c1-22(31,23(25,26)27)21(30)29-20-12-11-18(13-19(20)24)34(32,33)17-9-7-16(8-10-17)28-14-15-5-3-2-4-6-15/h2-13,28,31H,14H2,1H3,(H,29,30)/t22-/m1/s1. The van der Waals surface area contributed by atoms with Gasteiger partial charge in [-0.25, -0.2) is 8.42 Å². The van der Waals surface area contributed by atoms with Crippen LogP contribution in [0, 0.1) is 0 Å². The Labute approximate surface area is 199 Å². The summed E-state index contributed by atoms with van der Waals surface area (Å²) in [5.74, 6) is -1.75. The van der Waals surface area contributed by atoms with Gasteiger partial charge in [0.1, 0.15) is 0 Å². The molecule has 6 nitrogen and oxygen atoms in total. The fourth-order valence-electron chi connectivity index (χ4n) is 2.83. The maximum absolute atomic E-state index is 12.9. The SMILES string of the molecule is C[C@@](O)(C(=O)Nc1ccc(S(=O)(=O)c2ccc(NCc3ccccc3)cc2)cc1Cl)C(F)(F)F. The zero-order valence-electron chi connectivity index (χ0n) is 17.7. The lowest BCUT2D eigenvalue weighted by atomic mass is 10.1. The molecule has 1 atom stereocenters.